The maximum Gasteiger partial charge on any atom is 0.435 e. The molecule has 9 heavy (non-hydrogen) atoms. The Morgan fingerprint density at radius 2 is 2.22 bits per heavy atom. The van der Waals surface area contributed by atoms with E-state index >= 15 is 0 Å². The van der Waals surface area contributed by atoms with Crippen LogP contribution in [0.4, 0.5) is 8.39 Å². The fourth-order valence-electron chi connectivity index (χ4n) is 0.177. The predicted molar refractivity (Wildman–Crippen MR) is 32.5 cm³/mol. The van der Waals surface area contributed by atoms with Crippen molar-refractivity contribution in [2.45, 2.75) is 0 Å². The van der Waals surface area contributed by atoms with Crippen LogP contribution in [0.5, 0.6) is 0 Å². The zero-order chi connectivity index (χ0) is 7.28. The van der Waals surface area contributed by atoms with Crippen molar-refractivity contribution in [1.82, 2.24) is 0 Å². The van der Waals surface area contributed by atoms with Crippen LogP contribution in [0.25, 0.3) is 0 Å². The maximum atomic E-state index is 11.3. The summed E-state index contributed by atoms with van der Waals surface area (Å²) in [5.41, 5.74) is 0. The highest BCUT2D eigenvalue weighted by Crippen LogP contribution is 2.47. The van der Waals surface area contributed by atoms with Crippen molar-refractivity contribution in [2.24, 2.45) is 9.28 Å². The molecule has 0 rings (SSSR count). The molecule has 7 heteroatoms. The molecule has 0 fully saturated rings. The fourth-order valence-corrected chi connectivity index (χ4v) is 1.24. The van der Waals surface area contributed by atoms with Crippen LogP contribution in [0.2, 0.25) is 0 Å². The molecule has 3 nitrogen and oxygen atoms in total. The second-order valence-corrected chi connectivity index (χ2v) is 3.31. The number of isocyanates is 1. The number of hydrogen-bond acceptors (Lipinski definition) is 2. The summed E-state index contributed by atoms with van der Waals surface area (Å²) in [4.78, 5) is 9.42. The smallest absolute Gasteiger partial charge is 0.207 e. The highest BCUT2D eigenvalue weighted by Gasteiger charge is 2.10. The summed E-state index contributed by atoms with van der Waals surface area (Å²) < 4.78 is 28.5. The lowest BCUT2D eigenvalue weighted by Gasteiger charge is -1.72. The molecular weight excluding hydrogens is 168 g/mol. The summed E-state index contributed by atoms with van der Waals surface area (Å²) in [5, 5.41) is 0. The van der Waals surface area contributed by atoms with E-state index in [2.05, 4.69) is 9.28 Å². The van der Waals surface area contributed by atoms with E-state index in [4.69, 9.17) is 0 Å². The van der Waals surface area contributed by atoms with Crippen molar-refractivity contribution in [3.05, 3.63) is 0 Å². The van der Waals surface area contributed by atoms with Crippen molar-refractivity contribution in [1.29, 1.82) is 0 Å². The monoisotopic (exact) mass is 171 g/mol. The first-order valence-electron chi connectivity index (χ1n) is 1.81. The molecule has 0 N–H and O–H groups in total. The van der Waals surface area contributed by atoms with Crippen LogP contribution in [0, 0.1) is 0 Å². The van der Waals surface area contributed by atoms with Crippen LogP contribution in [0.15, 0.2) is 9.28 Å². The fraction of sp³-hybridized carbons (Fsp3) is 0.500. The van der Waals surface area contributed by atoms with Crippen LogP contribution in [-0.2, 0) is 4.79 Å². The Labute approximate surface area is 52.8 Å². The summed E-state index contributed by atoms with van der Waals surface area (Å²) in [6.45, 7) is 1.36. The van der Waals surface area contributed by atoms with Gasteiger partial charge in [0.1, 0.15) is 6.66 Å². The Kier molecular flexibility index (Phi) is 4.51. The Balaban J connectivity index is 3.99. The second kappa shape index (κ2) is 4.63. The van der Waals surface area contributed by atoms with Crippen LogP contribution >= 0.6 is 16.6 Å². The van der Waals surface area contributed by atoms with Crippen LogP contribution in [0.1, 0.15) is 0 Å². The largest absolute Gasteiger partial charge is 0.435 e. The van der Waals surface area contributed by atoms with Gasteiger partial charge >= 0.3 is 16.6 Å². The lowest BCUT2D eigenvalue weighted by atomic mass is 11.7. The van der Waals surface area contributed by atoms with Gasteiger partial charge in [-0.3, -0.25) is 0 Å². The molecule has 0 heterocycles. The zero-order valence-electron chi connectivity index (χ0n) is 4.45. The predicted octanol–water partition coefficient (Wildman–Crippen LogP) is 2.70. The van der Waals surface area contributed by atoms with E-state index in [1.54, 1.807) is 0 Å². The van der Waals surface area contributed by atoms with Gasteiger partial charge in [-0.1, -0.05) is 0 Å². The molecule has 0 spiro atoms. The second-order valence-electron chi connectivity index (χ2n) is 0.985. The van der Waals surface area contributed by atoms with Crippen molar-refractivity contribution >= 4 is 22.6 Å². The van der Waals surface area contributed by atoms with Crippen LogP contribution < -0.4 is 0 Å². The minimum Gasteiger partial charge on any atom is -0.207 e. The number of rotatable bonds is 2. The molecule has 0 amide bonds. The van der Waals surface area contributed by atoms with Gasteiger partial charge in [0.05, 0.1) is 0 Å². The molecule has 1 unspecified atom stereocenters. The SMILES string of the molecule is C[P+](N=C=O)=NP(F)F. The number of carbonyl (C=O) groups excluding carboxylic acids is 1. The average Bonchev–Trinajstić information content (AvgIpc) is 1.63. The zero-order valence-corrected chi connectivity index (χ0v) is 6.24. The molecule has 0 aliphatic rings. The first-order chi connectivity index (χ1) is 4.16. The normalized spacial score (nSPS) is 11.3. The third-order valence-corrected chi connectivity index (χ3v) is 2.33. The Bertz CT molecular complexity index is 164. The Morgan fingerprint density at radius 3 is 2.56 bits per heavy atom. The van der Waals surface area contributed by atoms with Crippen molar-refractivity contribution < 1.29 is 13.2 Å². The lowest BCUT2D eigenvalue weighted by Crippen LogP contribution is -1.47. The van der Waals surface area contributed by atoms with Gasteiger partial charge in [0, 0.05) is 9.28 Å². The molecule has 0 saturated carbocycles. The minimum atomic E-state index is -3.27. The number of hydrogen-bond donors (Lipinski definition) is 0. The molecule has 0 radical (unpaired) electrons. The Hall–Kier alpha value is -0.230. The van der Waals surface area contributed by atoms with Crippen LogP contribution in [0.3, 0.4) is 0 Å². The van der Waals surface area contributed by atoms with Gasteiger partial charge in [-0.25, -0.2) is 4.79 Å². The van der Waals surface area contributed by atoms with E-state index in [0.29, 0.717) is 0 Å². The van der Waals surface area contributed by atoms with E-state index in [-0.39, 0.29) is 0 Å². The number of halogens is 2. The first-order valence-corrected chi connectivity index (χ1v) is 4.58. The van der Waals surface area contributed by atoms with Gasteiger partial charge in [-0.05, 0) is 0 Å². The maximum absolute atomic E-state index is 11.3. The van der Waals surface area contributed by atoms with Gasteiger partial charge in [-0.2, -0.15) is 8.39 Å². The summed E-state index contributed by atoms with van der Waals surface area (Å²) in [6, 6.07) is 0. The summed E-state index contributed by atoms with van der Waals surface area (Å²) in [7, 11) is -4.79. The lowest BCUT2D eigenvalue weighted by molar-refractivity contribution is 0.566. The van der Waals surface area contributed by atoms with Crippen molar-refractivity contribution in [3.63, 3.8) is 0 Å². The first kappa shape index (κ1) is 8.77. The quantitative estimate of drug-likeness (QED) is 0.357. The van der Waals surface area contributed by atoms with E-state index in [9.17, 15) is 13.2 Å². The van der Waals surface area contributed by atoms with Gasteiger partial charge < -0.3 is 0 Å². The van der Waals surface area contributed by atoms with E-state index in [1.165, 1.54) is 6.66 Å². The number of nitrogens with zero attached hydrogens (tertiary/aromatic N) is 2. The third kappa shape index (κ3) is 5.64. The summed E-state index contributed by atoms with van der Waals surface area (Å²) >= 11 is 0. The third-order valence-electron chi connectivity index (χ3n) is 0.383. The average molecular weight is 171 g/mol. The highest BCUT2D eigenvalue weighted by molar-refractivity contribution is 7.57. The van der Waals surface area contributed by atoms with E-state index in [0.717, 1.165) is 6.08 Å². The highest BCUT2D eigenvalue weighted by atomic mass is 31.2. The van der Waals surface area contributed by atoms with Gasteiger partial charge in [-0.15, -0.1) is 0 Å². The topological polar surface area (TPSA) is 41.8 Å². The molecule has 1 atom stereocenters. The molecule has 0 aromatic rings. The molecular formula is C2H3F2N2OP2+. The summed E-state index contributed by atoms with van der Waals surface area (Å²) in [6.07, 6.45) is 1.16. The van der Waals surface area contributed by atoms with Crippen molar-refractivity contribution in [3.8, 4) is 0 Å². The molecule has 0 aliphatic carbocycles. The molecule has 0 aliphatic heterocycles. The van der Waals surface area contributed by atoms with Gasteiger partial charge in [0.25, 0.3) is 6.08 Å². The van der Waals surface area contributed by atoms with Gasteiger partial charge in [0.15, 0.2) is 0 Å². The van der Waals surface area contributed by atoms with E-state index < -0.39 is 16.6 Å². The molecule has 0 aromatic heterocycles. The van der Waals surface area contributed by atoms with Gasteiger partial charge in [0.2, 0.25) is 0 Å². The standard InChI is InChI=1S/C2H3F2N2OP2/c1-8(5-2-7)6-9(3)4/h1H3/q+1. The van der Waals surface area contributed by atoms with Crippen LogP contribution in [-0.4, -0.2) is 12.7 Å². The molecule has 0 saturated heterocycles. The van der Waals surface area contributed by atoms with Crippen molar-refractivity contribution in [2.75, 3.05) is 6.66 Å². The molecule has 50 valence electrons. The molecule has 0 aromatic carbocycles. The Morgan fingerprint density at radius 1 is 1.67 bits per heavy atom. The molecule has 0 bridgehead atoms. The minimum absolute atomic E-state index is 1.16. The summed E-state index contributed by atoms with van der Waals surface area (Å²) in [5.74, 6) is 0. The van der Waals surface area contributed by atoms with E-state index in [1.807, 2.05) is 0 Å².